The van der Waals surface area contributed by atoms with Crippen LogP contribution in [0.3, 0.4) is 0 Å². The summed E-state index contributed by atoms with van der Waals surface area (Å²) in [5, 5.41) is 7.69. The number of aromatic nitrogens is 4. The third kappa shape index (κ3) is 5.43. The molecule has 278 valence electrons. The molecule has 16 heteroatoms. The Balaban J connectivity index is 1.15. The van der Waals surface area contributed by atoms with Crippen LogP contribution >= 0.6 is 11.3 Å². The third-order valence-corrected chi connectivity index (χ3v) is 15.4. The fourth-order valence-electron chi connectivity index (χ4n) is 9.91. The Labute approximate surface area is 367 Å². The number of fused-ring (bicyclic) bond motifs is 10. The highest BCUT2D eigenvalue weighted by Crippen LogP contribution is 2.41. The van der Waals surface area contributed by atoms with Gasteiger partial charge >= 0.3 is 0 Å². The predicted octanol–water partition coefficient (Wildman–Crippen LogP) is -5.18. The van der Waals surface area contributed by atoms with Gasteiger partial charge in [-0.05, 0) is 35.0 Å². The van der Waals surface area contributed by atoms with Gasteiger partial charge in [-0.2, -0.15) is 0 Å². The molecular formula is C45H36B10N4OS. The summed E-state index contributed by atoms with van der Waals surface area (Å²) in [6.45, 7) is 0. The number of hydrogen-bond acceptors (Lipinski definition) is 5. The van der Waals surface area contributed by atoms with Gasteiger partial charge in [0.05, 0.1) is 0 Å². The van der Waals surface area contributed by atoms with Gasteiger partial charge in [-0.1, -0.05) is 105 Å². The SMILES string of the molecule is Bc1c(B)c(B)c2c(sc3c2c(B)c(B)c2c3c3c(B)c(B)c(B)c(B)c3n2-c2ccc3c(c2)oc2cc(-c4nc(-c5ccccc5)nc(-c5ccccc5)n4)ccc23)c1B. The van der Waals surface area contributed by atoms with E-state index in [0.29, 0.717) is 17.5 Å². The molecule has 11 aromatic rings. The Bertz CT molecular complexity index is 3660. The normalized spacial score (nSPS) is 11.9. The Kier molecular flexibility index (Phi) is 8.57. The van der Waals surface area contributed by atoms with E-state index in [-0.39, 0.29) is 0 Å². The number of rotatable bonds is 4. The van der Waals surface area contributed by atoms with Crippen LogP contribution < -0.4 is 54.6 Å². The minimum absolute atomic E-state index is 0.603. The van der Waals surface area contributed by atoms with E-state index >= 15 is 0 Å². The fraction of sp³-hybridized carbons (Fsp3) is 0. The molecular weight excluding hydrogens is 753 g/mol. The van der Waals surface area contributed by atoms with Crippen molar-refractivity contribution in [1.29, 1.82) is 0 Å². The molecule has 0 saturated carbocycles. The quantitative estimate of drug-likeness (QED) is 0.168. The minimum atomic E-state index is 0.603. The maximum atomic E-state index is 6.83. The summed E-state index contributed by atoms with van der Waals surface area (Å²) in [5.74, 6) is 1.87. The zero-order valence-electron chi connectivity index (χ0n) is 36.3. The van der Waals surface area contributed by atoms with E-state index in [1.165, 1.54) is 96.6 Å². The van der Waals surface area contributed by atoms with E-state index in [2.05, 4.69) is 119 Å². The molecule has 4 heterocycles. The lowest BCUT2D eigenvalue weighted by atomic mass is 9.64. The number of nitrogens with zero attached hydrogens (tertiary/aromatic N) is 4. The molecule has 0 unspecified atom stereocenters. The highest BCUT2D eigenvalue weighted by atomic mass is 32.1. The molecule has 0 aliphatic carbocycles. The summed E-state index contributed by atoms with van der Waals surface area (Å²) in [5.41, 5.74) is 21.7. The molecule has 0 amide bonds. The Morgan fingerprint density at radius 1 is 0.393 bits per heavy atom. The Hall–Kier alpha value is -5.98. The molecule has 0 fully saturated rings. The predicted molar refractivity (Wildman–Crippen MR) is 292 cm³/mol. The van der Waals surface area contributed by atoms with Gasteiger partial charge in [-0.3, -0.25) is 0 Å². The molecule has 0 radical (unpaired) electrons. The first kappa shape index (κ1) is 38.0. The molecule has 0 saturated heterocycles. The van der Waals surface area contributed by atoms with Crippen molar-refractivity contribution in [2.24, 2.45) is 0 Å². The molecule has 0 spiro atoms. The molecule has 61 heavy (non-hydrogen) atoms. The van der Waals surface area contributed by atoms with Crippen LogP contribution in [0.2, 0.25) is 0 Å². The van der Waals surface area contributed by atoms with Crippen LogP contribution in [-0.2, 0) is 0 Å². The average molecular weight is 789 g/mol. The van der Waals surface area contributed by atoms with Crippen molar-refractivity contribution >= 4 is 208 Å². The molecule has 0 bridgehead atoms. The van der Waals surface area contributed by atoms with Gasteiger partial charge in [0.2, 0.25) is 0 Å². The van der Waals surface area contributed by atoms with Crippen LogP contribution in [0.15, 0.2) is 101 Å². The van der Waals surface area contributed by atoms with Crippen LogP contribution in [0.5, 0.6) is 0 Å². The van der Waals surface area contributed by atoms with Crippen molar-refractivity contribution < 1.29 is 4.42 Å². The van der Waals surface area contributed by atoms with E-state index in [0.717, 1.165) is 44.3 Å². The topological polar surface area (TPSA) is 56.7 Å². The molecule has 7 aromatic carbocycles. The lowest BCUT2D eigenvalue weighted by Gasteiger charge is -2.16. The van der Waals surface area contributed by atoms with E-state index in [9.17, 15) is 0 Å². The Morgan fingerprint density at radius 2 is 0.852 bits per heavy atom. The maximum absolute atomic E-state index is 6.83. The van der Waals surface area contributed by atoms with E-state index < -0.39 is 0 Å². The zero-order chi connectivity index (χ0) is 42.2. The molecule has 0 atom stereocenters. The molecule has 0 N–H and O–H groups in total. The van der Waals surface area contributed by atoms with Crippen molar-refractivity contribution in [2.75, 3.05) is 0 Å². The van der Waals surface area contributed by atoms with Crippen molar-refractivity contribution in [2.45, 2.75) is 0 Å². The van der Waals surface area contributed by atoms with Crippen LogP contribution in [0.4, 0.5) is 0 Å². The van der Waals surface area contributed by atoms with E-state index in [4.69, 9.17) is 19.4 Å². The first-order valence-corrected chi connectivity index (χ1v) is 21.9. The Morgan fingerprint density at radius 3 is 1.48 bits per heavy atom. The van der Waals surface area contributed by atoms with Gasteiger partial charge in [0.25, 0.3) is 0 Å². The van der Waals surface area contributed by atoms with E-state index in [1.807, 2.05) is 72.0 Å². The third-order valence-electron chi connectivity index (χ3n) is 14.1. The monoisotopic (exact) mass is 790 g/mol. The highest BCUT2D eigenvalue weighted by Gasteiger charge is 2.27. The zero-order valence-corrected chi connectivity index (χ0v) is 37.2. The van der Waals surface area contributed by atoms with Crippen LogP contribution in [-0.4, -0.2) is 98.0 Å². The summed E-state index contributed by atoms with van der Waals surface area (Å²) in [6, 6.07) is 33.3. The smallest absolute Gasteiger partial charge is 0.164 e. The average Bonchev–Trinajstić information content (AvgIpc) is 3.98. The fourth-order valence-corrected chi connectivity index (χ4v) is 11.4. The number of thiophene rings is 1. The number of benzene rings is 7. The lowest BCUT2D eigenvalue weighted by Crippen LogP contribution is -2.48. The van der Waals surface area contributed by atoms with Crippen molar-refractivity contribution in [3.63, 3.8) is 0 Å². The van der Waals surface area contributed by atoms with Gasteiger partial charge in [0, 0.05) is 70.4 Å². The summed E-state index contributed by atoms with van der Waals surface area (Å²) in [7, 11) is 23.1. The molecule has 11 rings (SSSR count). The van der Waals surface area contributed by atoms with Gasteiger partial charge in [-0.25, -0.2) is 15.0 Å². The first-order chi connectivity index (χ1) is 29.4. The highest BCUT2D eigenvalue weighted by molar-refractivity contribution is 7.28. The summed E-state index contributed by atoms with van der Waals surface area (Å²) >= 11 is 1.98. The van der Waals surface area contributed by atoms with Crippen molar-refractivity contribution in [3.05, 3.63) is 97.1 Å². The minimum Gasteiger partial charge on any atom is -0.456 e. The van der Waals surface area contributed by atoms with Gasteiger partial charge in [0.15, 0.2) is 17.5 Å². The molecule has 4 aromatic heterocycles. The van der Waals surface area contributed by atoms with Crippen LogP contribution in [0.25, 0.3) is 104 Å². The second kappa shape index (κ2) is 13.8. The van der Waals surface area contributed by atoms with Gasteiger partial charge in [-0.15, -0.1) is 27.7 Å². The molecule has 5 nitrogen and oxygen atoms in total. The second-order valence-corrected chi connectivity index (χ2v) is 18.1. The summed E-state index contributed by atoms with van der Waals surface area (Å²) in [6.07, 6.45) is 0. The second-order valence-electron chi connectivity index (χ2n) is 17.1. The lowest BCUT2D eigenvalue weighted by molar-refractivity contribution is 0.668. The summed E-state index contributed by atoms with van der Waals surface area (Å²) in [4.78, 5) is 14.9. The largest absolute Gasteiger partial charge is 0.456 e. The van der Waals surface area contributed by atoms with Crippen molar-refractivity contribution in [1.82, 2.24) is 19.5 Å². The van der Waals surface area contributed by atoms with Gasteiger partial charge < -0.3 is 8.98 Å². The number of furan rings is 1. The number of hydrogen-bond donors (Lipinski definition) is 0. The van der Waals surface area contributed by atoms with Crippen LogP contribution in [0.1, 0.15) is 0 Å². The van der Waals surface area contributed by atoms with Crippen LogP contribution in [0, 0.1) is 0 Å². The molecule has 0 aliphatic heterocycles. The van der Waals surface area contributed by atoms with E-state index in [1.54, 1.807) is 0 Å². The van der Waals surface area contributed by atoms with Gasteiger partial charge in [0.1, 0.15) is 89.6 Å². The maximum Gasteiger partial charge on any atom is 0.164 e. The first-order valence-electron chi connectivity index (χ1n) is 21.1. The standard InChI is InChI=1S/C45H36B10N4OS/c46-29-25-28-40(36(53)31(48)26-27-30(47)33(50)35(52)38(55)42(27)61-41(26)28)59(39(25)37(54)34(51)32(29)49)20-12-14-22-21-13-11-19(15-23(21)60-24(22)16-20)45-57-43(17-7-3-1-4-8-17)56-44(58-45)18-9-5-2-6-10-18/h1-16H,46-55H2. The molecule has 0 aliphatic rings. The summed E-state index contributed by atoms with van der Waals surface area (Å²) < 4.78 is 12.2. The van der Waals surface area contributed by atoms with Crippen molar-refractivity contribution in [3.8, 4) is 39.9 Å².